The SMILES string of the molecule is Cc1nc(SCC(C)CS)nc(C)c1C. The number of aromatic nitrogens is 2. The molecule has 0 spiro atoms. The lowest BCUT2D eigenvalue weighted by Crippen LogP contribution is -2.03. The third-order valence-electron chi connectivity index (χ3n) is 2.42. The van der Waals surface area contributed by atoms with Crippen LogP contribution in [0.1, 0.15) is 23.9 Å². The zero-order chi connectivity index (χ0) is 11.4. The van der Waals surface area contributed by atoms with E-state index in [1.807, 2.05) is 13.8 Å². The zero-order valence-corrected chi connectivity index (χ0v) is 11.5. The molecule has 15 heavy (non-hydrogen) atoms. The summed E-state index contributed by atoms with van der Waals surface area (Å²) in [5, 5.41) is 0.893. The highest BCUT2D eigenvalue weighted by molar-refractivity contribution is 7.99. The summed E-state index contributed by atoms with van der Waals surface area (Å²) in [6.45, 7) is 8.33. The highest BCUT2D eigenvalue weighted by Crippen LogP contribution is 2.19. The predicted molar refractivity (Wildman–Crippen MR) is 70.0 cm³/mol. The highest BCUT2D eigenvalue weighted by Gasteiger charge is 2.06. The molecule has 0 aromatic carbocycles. The third-order valence-corrected chi connectivity index (χ3v) is 4.22. The fraction of sp³-hybridized carbons (Fsp3) is 0.636. The van der Waals surface area contributed by atoms with Crippen LogP contribution in [0.4, 0.5) is 0 Å². The van der Waals surface area contributed by atoms with E-state index < -0.39 is 0 Å². The van der Waals surface area contributed by atoms with Gasteiger partial charge in [0.1, 0.15) is 0 Å². The first-order chi connectivity index (χ1) is 7.04. The van der Waals surface area contributed by atoms with Gasteiger partial charge in [0, 0.05) is 17.1 Å². The maximum absolute atomic E-state index is 4.47. The average Bonchev–Trinajstić information content (AvgIpc) is 2.22. The van der Waals surface area contributed by atoms with E-state index in [4.69, 9.17) is 0 Å². The Kier molecular flexibility index (Phi) is 4.93. The van der Waals surface area contributed by atoms with Gasteiger partial charge in [-0.15, -0.1) is 0 Å². The van der Waals surface area contributed by atoms with Crippen molar-refractivity contribution in [2.75, 3.05) is 11.5 Å². The monoisotopic (exact) mass is 242 g/mol. The molecule has 1 aromatic rings. The number of aryl methyl sites for hydroxylation is 2. The zero-order valence-electron chi connectivity index (χ0n) is 9.74. The van der Waals surface area contributed by atoms with Crippen molar-refractivity contribution in [1.82, 2.24) is 9.97 Å². The second kappa shape index (κ2) is 5.75. The number of hydrogen-bond acceptors (Lipinski definition) is 4. The standard InChI is InChI=1S/C11H18N2S2/c1-7(5-14)6-15-11-12-9(3)8(2)10(4)13-11/h7,14H,5-6H2,1-4H3. The molecule has 0 amide bonds. The quantitative estimate of drug-likeness (QED) is 0.499. The fourth-order valence-electron chi connectivity index (χ4n) is 1.08. The molecule has 1 aromatic heterocycles. The molecule has 2 nitrogen and oxygen atoms in total. The van der Waals surface area contributed by atoms with E-state index in [2.05, 4.69) is 36.4 Å². The minimum atomic E-state index is 0.601. The van der Waals surface area contributed by atoms with Crippen LogP contribution in [-0.4, -0.2) is 21.5 Å². The second-order valence-electron chi connectivity index (χ2n) is 3.90. The first kappa shape index (κ1) is 12.8. The molecule has 0 saturated carbocycles. The van der Waals surface area contributed by atoms with Gasteiger partial charge in [0.25, 0.3) is 0 Å². The van der Waals surface area contributed by atoms with Crippen LogP contribution in [0.5, 0.6) is 0 Å². The molecule has 1 unspecified atom stereocenters. The summed E-state index contributed by atoms with van der Waals surface area (Å²) in [5.74, 6) is 2.55. The largest absolute Gasteiger partial charge is 0.228 e. The minimum absolute atomic E-state index is 0.601. The van der Waals surface area contributed by atoms with Crippen molar-refractivity contribution in [3.63, 3.8) is 0 Å². The summed E-state index contributed by atoms with van der Waals surface area (Å²) < 4.78 is 0. The summed E-state index contributed by atoms with van der Waals surface area (Å²) in [4.78, 5) is 8.93. The van der Waals surface area contributed by atoms with Crippen LogP contribution in [0, 0.1) is 26.7 Å². The van der Waals surface area contributed by atoms with E-state index in [0.717, 1.165) is 28.0 Å². The summed E-state index contributed by atoms with van der Waals surface area (Å²) in [6, 6.07) is 0. The number of hydrogen-bond donors (Lipinski definition) is 1. The Morgan fingerprint density at radius 2 is 1.73 bits per heavy atom. The smallest absolute Gasteiger partial charge is 0.188 e. The Balaban J connectivity index is 2.70. The molecule has 1 rings (SSSR count). The summed E-state index contributed by atoms with van der Waals surface area (Å²) >= 11 is 5.98. The van der Waals surface area contributed by atoms with Gasteiger partial charge < -0.3 is 0 Å². The van der Waals surface area contributed by atoms with E-state index in [0.29, 0.717) is 5.92 Å². The molecule has 0 aliphatic carbocycles. The van der Waals surface area contributed by atoms with Gasteiger partial charge in [0.05, 0.1) is 0 Å². The van der Waals surface area contributed by atoms with E-state index >= 15 is 0 Å². The molecule has 0 fully saturated rings. The van der Waals surface area contributed by atoms with Crippen LogP contribution in [0.15, 0.2) is 5.16 Å². The van der Waals surface area contributed by atoms with Gasteiger partial charge in [0.15, 0.2) is 5.16 Å². The van der Waals surface area contributed by atoms with Crippen molar-refractivity contribution in [3.05, 3.63) is 17.0 Å². The molecule has 1 atom stereocenters. The Morgan fingerprint density at radius 1 is 1.20 bits per heavy atom. The van der Waals surface area contributed by atoms with Crippen LogP contribution in [0.3, 0.4) is 0 Å². The topological polar surface area (TPSA) is 25.8 Å². The van der Waals surface area contributed by atoms with Crippen molar-refractivity contribution in [3.8, 4) is 0 Å². The van der Waals surface area contributed by atoms with Gasteiger partial charge in [-0.25, -0.2) is 9.97 Å². The lowest BCUT2D eigenvalue weighted by atomic mass is 10.2. The Labute approximate surface area is 102 Å². The Bertz CT molecular complexity index is 316. The van der Waals surface area contributed by atoms with Crippen LogP contribution in [0.2, 0.25) is 0 Å². The molecular weight excluding hydrogens is 224 g/mol. The number of thiol groups is 1. The van der Waals surface area contributed by atoms with Gasteiger partial charge in [-0.1, -0.05) is 18.7 Å². The first-order valence-electron chi connectivity index (χ1n) is 5.10. The summed E-state index contributed by atoms with van der Waals surface area (Å²) in [6.07, 6.45) is 0. The van der Waals surface area contributed by atoms with E-state index in [9.17, 15) is 0 Å². The lowest BCUT2D eigenvalue weighted by Gasteiger charge is -2.09. The molecule has 1 heterocycles. The molecule has 0 N–H and O–H groups in total. The normalized spacial score (nSPS) is 12.9. The number of thioether (sulfide) groups is 1. The second-order valence-corrected chi connectivity index (χ2v) is 5.25. The van der Waals surface area contributed by atoms with Crippen LogP contribution in [-0.2, 0) is 0 Å². The van der Waals surface area contributed by atoms with Gasteiger partial charge in [-0.3, -0.25) is 0 Å². The van der Waals surface area contributed by atoms with Crippen molar-refractivity contribution < 1.29 is 0 Å². The molecule has 0 aliphatic heterocycles. The van der Waals surface area contributed by atoms with Crippen molar-refractivity contribution in [2.24, 2.45) is 5.92 Å². The fourth-order valence-corrected chi connectivity index (χ4v) is 2.33. The number of rotatable bonds is 4. The predicted octanol–water partition coefficient (Wildman–Crippen LogP) is 3.06. The minimum Gasteiger partial charge on any atom is -0.228 e. The summed E-state index contributed by atoms with van der Waals surface area (Å²) in [7, 11) is 0. The molecule has 0 bridgehead atoms. The van der Waals surface area contributed by atoms with Gasteiger partial charge >= 0.3 is 0 Å². The molecular formula is C11H18N2S2. The van der Waals surface area contributed by atoms with Crippen LogP contribution < -0.4 is 0 Å². The highest BCUT2D eigenvalue weighted by atomic mass is 32.2. The third kappa shape index (κ3) is 3.68. The molecule has 0 aliphatic rings. The summed E-state index contributed by atoms with van der Waals surface area (Å²) in [5.41, 5.74) is 3.37. The van der Waals surface area contributed by atoms with Crippen molar-refractivity contribution in [2.45, 2.75) is 32.9 Å². The van der Waals surface area contributed by atoms with Crippen LogP contribution in [0.25, 0.3) is 0 Å². The van der Waals surface area contributed by atoms with Gasteiger partial charge in [-0.2, -0.15) is 12.6 Å². The Hall–Kier alpha value is -0.220. The van der Waals surface area contributed by atoms with E-state index in [1.54, 1.807) is 11.8 Å². The Morgan fingerprint density at radius 3 is 2.20 bits per heavy atom. The first-order valence-corrected chi connectivity index (χ1v) is 6.72. The van der Waals surface area contributed by atoms with Crippen molar-refractivity contribution >= 4 is 24.4 Å². The van der Waals surface area contributed by atoms with Crippen LogP contribution >= 0.6 is 24.4 Å². The lowest BCUT2D eigenvalue weighted by molar-refractivity contribution is 0.762. The van der Waals surface area contributed by atoms with E-state index in [1.165, 1.54) is 5.56 Å². The van der Waals surface area contributed by atoms with Crippen molar-refractivity contribution in [1.29, 1.82) is 0 Å². The number of nitrogens with zero attached hydrogens (tertiary/aromatic N) is 2. The maximum atomic E-state index is 4.47. The van der Waals surface area contributed by atoms with Gasteiger partial charge in [0.2, 0.25) is 0 Å². The average molecular weight is 242 g/mol. The molecule has 0 saturated heterocycles. The molecule has 0 radical (unpaired) electrons. The maximum Gasteiger partial charge on any atom is 0.188 e. The van der Waals surface area contributed by atoms with E-state index in [-0.39, 0.29) is 0 Å². The van der Waals surface area contributed by atoms with Gasteiger partial charge in [-0.05, 0) is 38.0 Å². The molecule has 84 valence electrons. The molecule has 4 heteroatoms.